The minimum absolute atomic E-state index is 0.538. The number of hydrogen-bond donors (Lipinski definition) is 1. The van der Waals surface area contributed by atoms with Crippen LogP contribution in [0.5, 0.6) is 0 Å². The molecule has 22 heavy (non-hydrogen) atoms. The molecular weight excluding hydrogens is 359 g/mol. The summed E-state index contributed by atoms with van der Waals surface area (Å²) in [5.41, 5.74) is 2.14. The second-order valence-corrected chi connectivity index (χ2v) is 6.76. The van der Waals surface area contributed by atoms with E-state index in [2.05, 4.69) is 9.97 Å². The fourth-order valence-electron chi connectivity index (χ4n) is 1.39. The third kappa shape index (κ3) is 6.92. The molecule has 0 saturated heterocycles. The lowest BCUT2D eigenvalue weighted by Crippen LogP contribution is -1.86. The molecular formula is C15H16Cl2N2OS2. The van der Waals surface area contributed by atoms with Crippen molar-refractivity contribution in [3.8, 4) is 0 Å². The molecule has 0 radical (unpaired) electrons. The number of aromatic nitrogens is 2. The van der Waals surface area contributed by atoms with E-state index >= 15 is 0 Å². The fraction of sp³-hybridized carbons (Fsp3) is 0.267. The van der Waals surface area contributed by atoms with Gasteiger partial charge in [-0.05, 0) is 37.1 Å². The number of nitrogens with one attached hydrogen (secondary N) is 1. The van der Waals surface area contributed by atoms with E-state index in [1.54, 1.807) is 6.20 Å². The summed E-state index contributed by atoms with van der Waals surface area (Å²) in [6.45, 7) is 3.90. The molecule has 2 aromatic rings. The third-order valence-electron chi connectivity index (χ3n) is 2.42. The van der Waals surface area contributed by atoms with Crippen molar-refractivity contribution in [1.82, 2.24) is 9.97 Å². The van der Waals surface area contributed by atoms with Crippen LogP contribution < -0.4 is 0 Å². The molecule has 2 aromatic heterocycles. The molecule has 0 aromatic carbocycles. The lowest BCUT2D eigenvalue weighted by Gasteiger charge is -2.01. The summed E-state index contributed by atoms with van der Waals surface area (Å²) >= 11 is 17.9. The zero-order valence-corrected chi connectivity index (χ0v) is 15.4. The molecule has 7 heteroatoms. The van der Waals surface area contributed by atoms with Crippen molar-refractivity contribution in [3.63, 3.8) is 0 Å². The van der Waals surface area contributed by atoms with Gasteiger partial charge in [0.1, 0.15) is 16.0 Å². The molecule has 0 fully saturated rings. The number of thioether (sulfide) groups is 1. The first-order valence-electron chi connectivity index (χ1n) is 6.47. The van der Waals surface area contributed by atoms with E-state index < -0.39 is 0 Å². The predicted molar refractivity (Wildman–Crippen MR) is 96.8 cm³/mol. The Kier molecular flexibility index (Phi) is 8.71. The van der Waals surface area contributed by atoms with Gasteiger partial charge in [-0.2, -0.15) is 0 Å². The molecule has 1 N–H and O–H groups in total. The first kappa shape index (κ1) is 19.2. The zero-order chi connectivity index (χ0) is 16.5. The standard InChI is InChI=1S/C9H10ClNOS.C6H6ClNS/c1-7-5-8(10)9(11-6-7)13-4-2-3-12;1-4-2-5(7)6(9)8-3-4/h3,5-6H,2,4H2,1H3;2-3H,1H3,(H,8,9). The van der Waals surface area contributed by atoms with Crippen LogP contribution in [-0.4, -0.2) is 22.0 Å². The van der Waals surface area contributed by atoms with Gasteiger partial charge in [-0.25, -0.2) is 4.98 Å². The van der Waals surface area contributed by atoms with Gasteiger partial charge in [-0.1, -0.05) is 35.4 Å². The Hall–Kier alpha value is -0.880. The highest BCUT2D eigenvalue weighted by atomic mass is 35.5. The third-order valence-corrected chi connectivity index (χ3v) is 4.61. The van der Waals surface area contributed by atoms with E-state index in [0.29, 0.717) is 21.1 Å². The van der Waals surface area contributed by atoms with Crippen LogP contribution in [0.1, 0.15) is 17.5 Å². The van der Waals surface area contributed by atoms with E-state index in [4.69, 9.17) is 35.4 Å². The van der Waals surface area contributed by atoms with Crippen LogP contribution in [0.25, 0.3) is 0 Å². The smallest absolute Gasteiger partial charge is 0.122 e. The monoisotopic (exact) mass is 374 g/mol. The Bertz CT molecular complexity index is 689. The van der Waals surface area contributed by atoms with Crippen LogP contribution in [0, 0.1) is 18.5 Å². The molecule has 0 aliphatic carbocycles. The molecule has 0 saturated carbocycles. The van der Waals surface area contributed by atoms with Crippen LogP contribution in [0.4, 0.5) is 0 Å². The van der Waals surface area contributed by atoms with Gasteiger partial charge in [0.2, 0.25) is 0 Å². The van der Waals surface area contributed by atoms with Gasteiger partial charge >= 0.3 is 0 Å². The molecule has 0 amide bonds. The topological polar surface area (TPSA) is 45.8 Å². The Balaban J connectivity index is 0.000000235. The molecule has 3 nitrogen and oxygen atoms in total. The molecule has 118 valence electrons. The highest BCUT2D eigenvalue weighted by Crippen LogP contribution is 2.25. The van der Waals surface area contributed by atoms with Crippen LogP contribution in [0.3, 0.4) is 0 Å². The summed E-state index contributed by atoms with van der Waals surface area (Å²) < 4.78 is 0.599. The summed E-state index contributed by atoms with van der Waals surface area (Å²) in [5.74, 6) is 0.735. The van der Waals surface area contributed by atoms with Crippen molar-refractivity contribution in [2.24, 2.45) is 0 Å². The second-order valence-electron chi connectivity index (χ2n) is 4.46. The van der Waals surface area contributed by atoms with E-state index in [0.717, 1.165) is 28.2 Å². The van der Waals surface area contributed by atoms with Gasteiger partial charge < -0.3 is 9.78 Å². The number of carbonyl (C=O) groups is 1. The van der Waals surface area contributed by atoms with E-state index in [1.165, 1.54) is 11.8 Å². The average molecular weight is 375 g/mol. The minimum atomic E-state index is 0.538. The summed E-state index contributed by atoms with van der Waals surface area (Å²) in [7, 11) is 0. The lowest BCUT2D eigenvalue weighted by atomic mass is 10.3. The first-order valence-corrected chi connectivity index (χ1v) is 8.62. The molecule has 0 bridgehead atoms. The molecule has 2 heterocycles. The Morgan fingerprint density at radius 1 is 1.27 bits per heavy atom. The number of nitrogens with zero attached hydrogens (tertiary/aromatic N) is 1. The number of aryl methyl sites for hydroxylation is 2. The zero-order valence-electron chi connectivity index (χ0n) is 12.2. The van der Waals surface area contributed by atoms with Gasteiger partial charge in [0, 0.05) is 24.6 Å². The average Bonchev–Trinajstić information content (AvgIpc) is 2.46. The molecule has 0 aliphatic rings. The number of carbonyl (C=O) groups excluding carboxylic acids is 1. The maximum Gasteiger partial charge on any atom is 0.122 e. The van der Waals surface area contributed by atoms with Crippen LogP contribution in [0.15, 0.2) is 29.6 Å². The molecule has 2 rings (SSSR count). The van der Waals surface area contributed by atoms with E-state index in [-0.39, 0.29) is 0 Å². The summed E-state index contributed by atoms with van der Waals surface area (Å²) in [4.78, 5) is 17.1. The Morgan fingerprint density at radius 3 is 2.50 bits per heavy atom. The van der Waals surface area contributed by atoms with Gasteiger partial charge in [-0.3, -0.25) is 0 Å². The number of halogens is 2. The quantitative estimate of drug-likeness (QED) is 0.335. The van der Waals surface area contributed by atoms with E-state index in [9.17, 15) is 4.79 Å². The predicted octanol–water partition coefficient (Wildman–Crippen LogP) is 5.43. The van der Waals surface area contributed by atoms with Crippen molar-refractivity contribution < 1.29 is 4.79 Å². The van der Waals surface area contributed by atoms with Gasteiger partial charge in [-0.15, -0.1) is 11.8 Å². The Morgan fingerprint density at radius 2 is 1.95 bits per heavy atom. The molecule has 0 unspecified atom stereocenters. The van der Waals surface area contributed by atoms with Crippen molar-refractivity contribution in [1.29, 1.82) is 0 Å². The first-order chi connectivity index (χ1) is 10.4. The van der Waals surface area contributed by atoms with Crippen molar-refractivity contribution in [2.75, 3.05) is 5.75 Å². The second kappa shape index (κ2) is 10.0. The van der Waals surface area contributed by atoms with Crippen molar-refractivity contribution >= 4 is 53.5 Å². The fourth-order valence-corrected chi connectivity index (χ4v) is 2.85. The molecule has 0 aliphatic heterocycles. The van der Waals surface area contributed by atoms with E-state index in [1.807, 2.05) is 32.2 Å². The summed E-state index contributed by atoms with van der Waals surface area (Å²) in [5, 5.41) is 2.08. The van der Waals surface area contributed by atoms with Gasteiger partial charge in [0.25, 0.3) is 0 Å². The maximum absolute atomic E-state index is 10.1. The minimum Gasteiger partial charge on any atom is -0.351 e. The maximum atomic E-state index is 10.1. The van der Waals surface area contributed by atoms with Gasteiger partial charge in [0.15, 0.2) is 0 Å². The summed E-state index contributed by atoms with van der Waals surface area (Å²) in [6, 6.07) is 3.71. The summed E-state index contributed by atoms with van der Waals surface area (Å²) in [6.07, 6.45) is 5.04. The Labute approximate surface area is 149 Å². The normalized spacial score (nSPS) is 9.82. The number of hydrogen-bond acceptors (Lipinski definition) is 4. The number of pyridine rings is 2. The number of aromatic amines is 1. The van der Waals surface area contributed by atoms with Crippen LogP contribution in [0.2, 0.25) is 10.0 Å². The number of rotatable bonds is 4. The molecule has 0 spiro atoms. The number of H-pyrrole nitrogens is 1. The largest absolute Gasteiger partial charge is 0.351 e. The van der Waals surface area contributed by atoms with Crippen molar-refractivity contribution in [2.45, 2.75) is 25.3 Å². The molecule has 0 atom stereocenters. The van der Waals surface area contributed by atoms with Crippen molar-refractivity contribution in [3.05, 3.63) is 50.3 Å². The highest BCUT2D eigenvalue weighted by Gasteiger charge is 2.01. The van der Waals surface area contributed by atoms with Crippen LogP contribution >= 0.6 is 47.2 Å². The lowest BCUT2D eigenvalue weighted by molar-refractivity contribution is -0.107. The highest BCUT2D eigenvalue weighted by molar-refractivity contribution is 7.99. The van der Waals surface area contributed by atoms with Gasteiger partial charge in [0.05, 0.1) is 10.0 Å². The SMILES string of the molecule is Cc1c[nH]c(=S)c(Cl)c1.Cc1cnc(SCCC=O)c(Cl)c1. The number of aldehydes is 1. The van der Waals surface area contributed by atoms with Crippen LogP contribution in [-0.2, 0) is 4.79 Å².